The summed E-state index contributed by atoms with van der Waals surface area (Å²) in [6.45, 7) is 12.7. The van der Waals surface area contributed by atoms with Gasteiger partial charge in [0.05, 0.1) is 12.6 Å². The Morgan fingerprint density at radius 3 is 2.47 bits per heavy atom. The molecule has 1 amide bonds. The van der Waals surface area contributed by atoms with E-state index in [1.807, 2.05) is 44.2 Å². The highest BCUT2D eigenvalue weighted by atomic mass is 16.6. The summed E-state index contributed by atoms with van der Waals surface area (Å²) in [6, 6.07) is 8.89. The van der Waals surface area contributed by atoms with Gasteiger partial charge in [0.2, 0.25) is 6.23 Å². The monoisotopic (exact) mass is 446 g/mol. The van der Waals surface area contributed by atoms with E-state index in [0.717, 1.165) is 10.6 Å². The Balaban J connectivity index is 2.08. The number of carbonyl (C=O) groups excluding carboxylic acids is 2. The van der Waals surface area contributed by atoms with Gasteiger partial charge < -0.3 is 19.4 Å². The van der Waals surface area contributed by atoms with Gasteiger partial charge >= 0.3 is 12.1 Å². The molecular weight excluding hydrogens is 412 g/mol. The number of hydrogen-bond donors (Lipinski definition) is 1. The van der Waals surface area contributed by atoms with Crippen LogP contribution in [0.4, 0.5) is 4.79 Å². The van der Waals surface area contributed by atoms with Crippen molar-refractivity contribution in [1.82, 2.24) is 9.96 Å². The van der Waals surface area contributed by atoms with Gasteiger partial charge in [-0.2, -0.15) is 5.06 Å². The highest BCUT2D eigenvalue weighted by Crippen LogP contribution is 2.30. The van der Waals surface area contributed by atoms with Crippen LogP contribution in [0.1, 0.15) is 54.0 Å². The summed E-state index contributed by atoms with van der Waals surface area (Å²) in [6.07, 6.45) is -1.61. The van der Waals surface area contributed by atoms with Crippen molar-refractivity contribution in [1.29, 1.82) is 0 Å². The van der Waals surface area contributed by atoms with Crippen LogP contribution >= 0.6 is 0 Å². The summed E-state index contributed by atoms with van der Waals surface area (Å²) >= 11 is 0. The van der Waals surface area contributed by atoms with Gasteiger partial charge in [0.25, 0.3) is 0 Å². The third-order valence-electron chi connectivity index (χ3n) is 4.74. The number of rotatable bonds is 5. The van der Waals surface area contributed by atoms with Crippen molar-refractivity contribution >= 4 is 12.1 Å². The molecule has 2 atom stereocenters. The predicted octanol–water partition coefficient (Wildman–Crippen LogP) is 3.78. The number of benzene rings is 1. The molecule has 1 saturated heterocycles. The third-order valence-corrected chi connectivity index (χ3v) is 4.74. The molecule has 1 unspecified atom stereocenters. The molecule has 0 aromatic heterocycles. The van der Waals surface area contributed by atoms with Gasteiger partial charge in [-0.05, 0) is 46.1 Å². The van der Waals surface area contributed by atoms with E-state index in [4.69, 9.17) is 14.2 Å². The topological polar surface area (TPSA) is 88.5 Å². The minimum atomic E-state index is -1.00. The Morgan fingerprint density at radius 1 is 1.28 bits per heavy atom. The van der Waals surface area contributed by atoms with E-state index in [1.165, 1.54) is 4.90 Å². The smallest absolute Gasteiger partial charge is 0.415 e. The highest BCUT2D eigenvalue weighted by molar-refractivity contribution is 5.88. The molecule has 1 fully saturated rings. The molecule has 8 heteroatoms. The van der Waals surface area contributed by atoms with E-state index in [2.05, 4.69) is 11.8 Å². The van der Waals surface area contributed by atoms with Crippen LogP contribution in [0.3, 0.4) is 0 Å². The lowest BCUT2D eigenvalue weighted by Crippen LogP contribution is -2.51. The number of carbonyl (C=O) groups is 2. The Hall–Kier alpha value is -2.60. The molecule has 0 aliphatic carbocycles. The van der Waals surface area contributed by atoms with Gasteiger partial charge in [-0.25, -0.2) is 14.5 Å². The fraction of sp³-hybridized carbons (Fsp3) is 0.583. The number of hydrogen-bond acceptors (Lipinski definition) is 7. The van der Waals surface area contributed by atoms with E-state index < -0.39 is 35.7 Å². The van der Waals surface area contributed by atoms with Gasteiger partial charge in [0.1, 0.15) is 17.9 Å². The van der Waals surface area contributed by atoms with Crippen molar-refractivity contribution in [3.8, 4) is 11.8 Å². The number of amides is 1. The SMILES string of the molecule is CC(C)C(C#CC(=O)O[C@@H]1COC(C)(C)N1C(=O)OC(C)(C)C)N(O)Cc1ccccc1. The van der Waals surface area contributed by atoms with E-state index >= 15 is 0 Å². The Morgan fingerprint density at radius 2 is 1.91 bits per heavy atom. The van der Waals surface area contributed by atoms with Crippen molar-refractivity contribution < 1.29 is 29.0 Å². The molecule has 0 radical (unpaired) electrons. The normalized spacial score (nSPS) is 18.8. The lowest BCUT2D eigenvalue weighted by Gasteiger charge is -2.34. The molecule has 176 valence electrons. The van der Waals surface area contributed by atoms with E-state index in [0.29, 0.717) is 0 Å². The van der Waals surface area contributed by atoms with Crippen LogP contribution in [0, 0.1) is 17.8 Å². The largest absolute Gasteiger partial charge is 0.444 e. The van der Waals surface area contributed by atoms with Crippen LogP contribution in [0.2, 0.25) is 0 Å². The standard InChI is InChI=1S/C24H34N2O6/c1-17(2)19(25(29)15-18-11-9-8-10-12-18)13-14-21(27)31-20-16-30-24(6,7)26(20)22(28)32-23(3,4)5/h8-12,17,19-20,29H,15-16H2,1-7H3/t19?,20-/m1/s1. The summed E-state index contributed by atoms with van der Waals surface area (Å²) in [5, 5.41) is 11.6. The van der Waals surface area contributed by atoms with Crippen LogP contribution in [0.25, 0.3) is 0 Å². The van der Waals surface area contributed by atoms with Crippen LogP contribution in [0.5, 0.6) is 0 Å². The molecule has 1 aromatic rings. The summed E-state index contributed by atoms with van der Waals surface area (Å²) in [5.74, 6) is 4.38. The zero-order chi connectivity index (χ0) is 24.1. The molecular formula is C24H34N2O6. The summed E-state index contributed by atoms with van der Waals surface area (Å²) in [7, 11) is 0. The second kappa shape index (κ2) is 10.3. The van der Waals surface area contributed by atoms with E-state index in [9.17, 15) is 14.8 Å². The Kier molecular flexibility index (Phi) is 8.29. The van der Waals surface area contributed by atoms with Gasteiger partial charge in [0.15, 0.2) is 0 Å². The van der Waals surface area contributed by atoms with Gasteiger partial charge in [-0.3, -0.25) is 0 Å². The van der Waals surface area contributed by atoms with Crippen molar-refractivity contribution in [2.75, 3.05) is 6.61 Å². The third kappa shape index (κ3) is 7.23. The molecule has 0 saturated carbocycles. The number of nitrogens with zero attached hydrogens (tertiary/aromatic N) is 2. The fourth-order valence-corrected chi connectivity index (χ4v) is 3.24. The molecule has 1 aromatic carbocycles. The zero-order valence-corrected chi connectivity index (χ0v) is 19.9. The van der Waals surface area contributed by atoms with Crippen molar-refractivity contribution in [3.05, 3.63) is 35.9 Å². The summed E-state index contributed by atoms with van der Waals surface area (Å²) in [5.41, 5.74) is -0.792. The first-order valence-electron chi connectivity index (χ1n) is 10.7. The molecule has 1 N–H and O–H groups in total. The van der Waals surface area contributed by atoms with Crippen LogP contribution < -0.4 is 0 Å². The predicted molar refractivity (Wildman–Crippen MR) is 118 cm³/mol. The lowest BCUT2D eigenvalue weighted by molar-refractivity contribution is -0.150. The van der Waals surface area contributed by atoms with Crippen molar-refractivity contribution in [2.45, 2.75) is 78.6 Å². The Bertz CT molecular complexity index is 851. The first kappa shape index (κ1) is 25.7. The second-order valence-electron chi connectivity index (χ2n) is 9.51. The minimum Gasteiger partial charge on any atom is -0.444 e. The van der Waals surface area contributed by atoms with Crippen LogP contribution in [-0.4, -0.2) is 57.4 Å². The maximum atomic E-state index is 12.6. The summed E-state index contributed by atoms with van der Waals surface area (Å²) < 4.78 is 16.5. The zero-order valence-electron chi connectivity index (χ0n) is 19.9. The molecule has 2 rings (SSSR count). The van der Waals surface area contributed by atoms with Gasteiger partial charge in [-0.1, -0.05) is 50.1 Å². The lowest BCUT2D eigenvalue weighted by atomic mass is 10.0. The minimum absolute atomic E-state index is 0.00735. The average molecular weight is 447 g/mol. The summed E-state index contributed by atoms with van der Waals surface area (Å²) in [4.78, 5) is 26.3. The maximum Gasteiger partial charge on any atom is 0.415 e. The number of ether oxygens (including phenoxy) is 3. The van der Waals surface area contributed by atoms with Crippen LogP contribution in [0.15, 0.2) is 30.3 Å². The van der Waals surface area contributed by atoms with Crippen LogP contribution in [-0.2, 0) is 25.5 Å². The number of hydroxylamine groups is 2. The molecule has 0 bridgehead atoms. The molecule has 1 aliphatic heterocycles. The molecule has 0 spiro atoms. The van der Waals surface area contributed by atoms with Crippen molar-refractivity contribution in [3.63, 3.8) is 0 Å². The maximum absolute atomic E-state index is 12.6. The first-order valence-corrected chi connectivity index (χ1v) is 10.7. The molecule has 1 aliphatic rings. The fourth-order valence-electron chi connectivity index (χ4n) is 3.24. The molecule has 8 nitrogen and oxygen atoms in total. The van der Waals surface area contributed by atoms with Gasteiger partial charge in [-0.15, -0.1) is 0 Å². The van der Waals surface area contributed by atoms with E-state index in [1.54, 1.807) is 34.6 Å². The highest BCUT2D eigenvalue weighted by Gasteiger charge is 2.47. The number of esters is 1. The van der Waals surface area contributed by atoms with E-state index in [-0.39, 0.29) is 19.1 Å². The Labute approximate surface area is 190 Å². The quantitative estimate of drug-likeness (QED) is 0.319. The first-order chi connectivity index (χ1) is 14.8. The second-order valence-corrected chi connectivity index (χ2v) is 9.51. The molecule has 1 heterocycles. The van der Waals surface area contributed by atoms with Gasteiger partial charge in [0, 0.05) is 5.92 Å². The average Bonchev–Trinajstić information content (AvgIpc) is 2.95. The van der Waals surface area contributed by atoms with Crippen molar-refractivity contribution in [2.24, 2.45) is 5.92 Å². The molecule has 32 heavy (non-hydrogen) atoms.